The third kappa shape index (κ3) is 4.94. The maximum Gasteiger partial charge on any atom is 0.315 e. The predicted molar refractivity (Wildman–Crippen MR) is 79.6 cm³/mol. The number of amides is 2. The van der Waals surface area contributed by atoms with Gasteiger partial charge in [-0.1, -0.05) is 6.42 Å². The summed E-state index contributed by atoms with van der Waals surface area (Å²) >= 11 is 0. The number of urea groups is 1. The van der Waals surface area contributed by atoms with Crippen molar-refractivity contribution < 1.29 is 9.90 Å². The third-order valence-electron chi connectivity index (χ3n) is 4.57. The molecule has 0 aromatic rings. The van der Waals surface area contributed by atoms with Crippen LogP contribution in [0.2, 0.25) is 0 Å². The van der Waals surface area contributed by atoms with Gasteiger partial charge in [0, 0.05) is 31.8 Å². The van der Waals surface area contributed by atoms with Crippen molar-refractivity contribution in [1.82, 2.24) is 15.5 Å². The number of rotatable bonds is 7. The predicted octanol–water partition coefficient (Wildman–Crippen LogP) is 1.32. The molecule has 1 aliphatic carbocycles. The largest absolute Gasteiger partial charge is 0.396 e. The molecule has 1 saturated heterocycles. The number of hydrogen-bond donors (Lipinski definition) is 3. The monoisotopic (exact) mass is 283 g/mol. The molecule has 3 N–H and O–H groups in total. The molecule has 2 rings (SSSR count). The Labute approximate surface area is 122 Å². The smallest absolute Gasteiger partial charge is 0.315 e. The highest BCUT2D eigenvalue weighted by molar-refractivity contribution is 5.74. The van der Waals surface area contributed by atoms with E-state index in [0.29, 0.717) is 24.9 Å². The van der Waals surface area contributed by atoms with Gasteiger partial charge in [0.05, 0.1) is 0 Å². The van der Waals surface area contributed by atoms with Gasteiger partial charge in [0.15, 0.2) is 0 Å². The second kappa shape index (κ2) is 7.84. The highest BCUT2D eigenvalue weighted by atomic mass is 16.3. The summed E-state index contributed by atoms with van der Waals surface area (Å²) in [6.07, 6.45) is 6.90. The number of nitrogens with zero attached hydrogens (tertiary/aromatic N) is 1. The molecular weight excluding hydrogens is 254 g/mol. The van der Waals surface area contributed by atoms with Crippen molar-refractivity contribution in [2.45, 2.75) is 57.5 Å². The Bertz CT molecular complexity index is 307. The highest BCUT2D eigenvalue weighted by Gasteiger charge is 2.31. The molecule has 5 nitrogen and oxygen atoms in total. The maximum absolute atomic E-state index is 11.9. The lowest BCUT2D eigenvalue weighted by Gasteiger charge is -2.33. The lowest BCUT2D eigenvalue weighted by Crippen LogP contribution is -2.47. The number of carbonyl (C=O) groups excluding carboxylic acids is 1. The maximum atomic E-state index is 11.9. The van der Waals surface area contributed by atoms with E-state index in [0.717, 1.165) is 13.1 Å². The molecule has 0 aromatic heterocycles. The van der Waals surface area contributed by atoms with E-state index < -0.39 is 0 Å². The quantitative estimate of drug-likeness (QED) is 0.660. The summed E-state index contributed by atoms with van der Waals surface area (Å²) in [7, 11) is 0. The molecule has 116 valence electrons. The molecule has 2 aliphatic rings. The lowest BCUT2D eigenvalue weighted by molar-refractivity contribution is 0.161. The molecule has 1 heterocycles. The van der Waals surface area contributed by atoms with Crippen molar-refractivity contribution in [3.05, 3.63) is 0 Å². The van der Waals surface area contributed by atoms with E-state index in [4.69, 9.17) is 5.11 Å². The third-order valence-corrected chi connectivity index (χ3v) is 4.57. The molecule has 0 radical (unpaired) electrons. The summed E-state index contributed by atoms with van der Waals surface area (Å²) in [6.45, 7) is 5.20. The van der Waals surface area contributed by atoms with Crippen LogP contribution < -0.4 is 10.6 Å². The molecule has 0 spiro atoms. The fourth-order valence-electron chi connectivity index (χ4n) is 3.09. The van der Waals surface area contributed by atoms with Crippen molar-refractivity contribution in [3.8, 4) is 0 Å². The average Bonchev–Trinajstić information content (AvgIpc) is 3.25. The number of aliphatic hydroxyl groups is 1. The van der Waals surface area contributed by atoms with Crippen LogP contribution >= 0.6 is 0 Å². The molecule has 2 fully saturated rings. The van der Waals surface area contributed by atoms with Gasteiger partial charge >= 0.3 is 6.03 Å². The highest BCUT2D eigenvalue weighted by Crippen LogP contribution is 2.33. The number of carbonyl (C=O) groups is 1. The van der Waals surface area contributed by atoms with Gasteiger partial charge in [0.25, 0.3) is 0 Å². The Kier molecular flexibility index (Phi) is 6.10. The Morgan fingerprint density at radius 2 is 2.15 bits per heavy atom. The van der Waals surface area contributed by atoms with Crippen LogP contribution in [0.15, 0.2) is 0 Å². The van der Waals surface area contributed by atoms with E-state index in [2.05, 4.69) is 22.5 Å². The van der Waals surface area contributed by atoms with Gasteiger partial charge in [-0.05, 0) is 51.5 Å². The standard InChI is InChI=1S/C15H29N3O2/c1-12-4-2-3-9-18(12)10-8-16-15(20)17-14(7-11-19)13-5-6-13/h12-14,19H,2-11H2,1H3,(H2,16,17,20)/t12-,14-/m1/s1. The SMILES string of the molecule is C[C@@H]1CCCCN1CCNC(=O)N[C@H](CCO)C1CC1. The molecule has 1 aliphatic heterocycles. The number of piperidine rings is 1. The van der Waals surface area contributed by atoms with Crippen LogP contribution in [0.3, 0.4) is 0 Å². The van der Waals surface area contributed by atoms with E-state index >= 15 is 0 Å². The summed E-state index contributed by atoms with van der Waals surface area (Å²) in [6, 6.07) is 0.705. The van der Waals surface area contributed by atoms with Crippen LogP contribution in [0, 0.1) is 5.92 Å². The first-order valence-corrected chi connectivity index (χ1v) is 8.10. The normalized spacial score (nSPS) is 25.2. The zero-order valence-electron chi connectivity index (χ0n) is 12.6. The van der Waals surface area contributed by atoms with E-state index in [9.17, 15) is 4.79 Å². The minimum atomic E-state index is -0.0833. The van der Waals surface area contributed by atoms with E-state index in [1.165, 1.54) is 32.1 Å². The summed E-state index contributed by atoms with van der Waals surface area (Å²) in [5, 5.41) is 15.0. The number of aliphatic hydroxyl groups excluding tert-OH is 1. The zero-order chi connectivity index (χ0) is 14.4. The van der Waals surface area contributed by atoms with Crippen LogP contribution in [0.25, 0.3) is 0 Å². The molecule has 0 unspecified atom stereocenters. The van der Waals surface area contributed by atoms with Crippen LogP contribution in [-0.2, 0) is 0 Å². The van der Waals surface area contributed by atoms with Gasteiger partial charge in [0.2, 0.25) is 0 Å². The lowest BCUT2D eigenvalue weighted by atomic mass is 10.0. The van der Waals surface area contributed by atoms with Crippen LogP contribution in [-0.4, -0.2) is 54.4 Å². The minimum Gasteiger partial charge on any atom is -0.396 e. The van der Waals surface area contributed by atoms with Gasteiger partial charge in [-0.3, -0.25) is 4.90 Å². The van der Waals surface area contributed by atoms with E-state index in [-0.39, 0.29) is 18.7 Å². The van der Waals surface area contributed by atoms with Crippen molar-refractivity contribution >= 4 is 6.03 Å². The van der Waals surface area contributed by atoms with E-state index in [1.54, 1.807) is 0 Å². The molecule has 0 aromatic carbocycles. The average molecular weight is 283 g/mol. The second-order valence-electron chi connectivity index (χ2n) is 6.24. The molecule has 5 heteroatoms. The minimum absolute atomic E-state index is 0.0833. The summed E-state index contributed by atoms with van der Waals surface area (Å²) in [5.41, 5.74) is 0. The first-order chi connectivity index (χ1) is 9.70. The van der Waals surface area contributed by atoms with E-state index in [1.807, 2.05) is 0 Å². The fourth-order valence-corrected chi connectivity index (χ4v) is 3.09. The van der Waals surface area contributed by atoms with Gasteiger partial charge in [-0.2, -0.15) is 0 Å². The van der Waals surface area contributed by atoms with Crippen LogP contribution in [0.5, 0.6) is 0 Å². The fraction of sp³-hybridized carbons (Fsp3) is 0.933. The summed E-state index contributed by atoms with van der Waals surface area (Å²) < 4.78 is 0. The van der Waals surface area contributed by atoms with Crippen molar-refractivity contribution in [2.24, 2.45) is 5.92 Å². The molecular formula is C15H29N3O2. The molecule has 0 bridgehead atoms. The van der Waals surface area contributed by atoms with Crippen molar-refractivity contribution in [2.75, 3.05) is 26.2 Å². The van der Waals surface area contributed by atoms with Crippen molar-refractivity contribution in [3.63, 3.8) is 0 Å². The molecule has 2 atom stereocenters. The van der Waals surface area contributed by atoms with Crippen LogP contribution in [0.4, 0.5) is 4.79 Å². The van der Waals surface area contributed by atoms with Gasteiger partial charge in [-0.15, -0.1) is 0 Å². The Hall–Kier alpha value is -0.810. The molecule has 1 saturated carbocycles. The van der Waals surface area contributed by atoms with Gasteiger partial charge in [0.1, 0.15) is 0 Å². The molecule has 20 heavy (non-hydrogen) atoms. The van der Waals surface area contributed by atoms with Crippen molar-refractivity contribution in [1.29, 1.82) is 0 Å². The topological polar surface area (TPSA) is 64.6 Å². The van der Waals surface area contributed by atoms with Gasteiger partial charge < -0.3 is 15.7 Å². The number of hydrogen-bond acceptors (Lipinski definition) is 3. The summed E-state index contributed by atoms with van der Waals surface area (Å²) in [4.78, 5) is 14.3. The first kappa shape index (κ1) is 15.6. The number of nitrogens with one attached hydrogen (secondary N) is 2. The Morgan fingerprint density at radius 3 is 2.80 bits per heavy atom. The number of likely N-dealkylation sites (tertiary alicyclic amines) is 1. The van der Waals surface area contributed by atoms with Gasteiger partial charge in [-0.25, -0.2) is 4.79 Å². The Morgan fingerprint density at radius 1 is 1.35 bits per heavy atom. The van der Waals surface area contributed by atoms with Crippen LogP contribution in [0.1, 0.15) is 45.4 Å². The molecule has 2 amide bonds. The first-order valence-electron chi connectivity index (χ1n) is 8.10. The Balaban J connectivity index is 1.61. The summed E-state index contributed by atoms with van der Waals surface area (Å²) in [5.74, 6) is 0.579. The second-order valence-corrected chi connectivity index (χ2v) is 6.24. The zero-order valence-corrected chi connectivity index (χ0v) is 12.6.